The third-order valence-electron chi connectivity index (χ3n) is 3.42. The molecule has 1 aromatic heterocycles. The summed E-state index contributed by atoms with van der Waals surface area (Å²) < 4.78 is 5.38. The first-order chi connectivity index (χ1) is 9.66. The summed E-state index contributed by atoms with van der Waals surface area (Å²) in [6.45, 7) is 3.97. The average molecular weight is 265 g/mol. The van der Waals surface area contributed by atoms with Crippen LogP contribution in [0.2, 0.25) is 0 Å². The number of aryl methyl sites for hydroxylation is 1. The quantitative estimate of drug-likeness (QED) is 0.719. The van der Waals surface area contributed by atoms with Crippen LogP contribution in [0.15, 0.2) is 47.0 Å². The zero-order chi connectivity index (χ0) is 14.1. The lowest BCUT2D eigenvalue weighted by Gasteiger charge is -2.03. The minimum Gasteiger partial charge on any atom is -0.398 e. The van der Waals surface area contributed by atoms with E-state index in [-0.39, 0.29) is 0 Å². The van der Waals surface area contributed by atoms with Gasteiger partial charge in [0.2, 0.25) is 5.82 Å². The number of rotatable bonds is 2. The summed E-state index contributed by atoms with van der Waals surface area (Å²) >= 11 is 0. The average Bonchev–Trinajstić information content (AvgIpc) is 2.92. The molecule has 0 fully saturated rings. The Bertz CT molecular complexity index is 762. The van der Waals surface area contributed by atoms with Crippen LogP contribution in [0.25, 0.3) is 22.8 Å². The van der Waals surface area contributed by atoms with E-state index in [4.69, 9.17) is 10.3 Å². The minimum absolute atomic E-state index is 0.494. The molecule has 3 rings (SSSR count). The van der Waals surface area contributed by atoms with Crippen LogP contribution >= 0.6 is 0 Å². The Morgan fingerprint density at radius 1 is 0.950 bits per heavy atom. The molecular weight excluding hydrogens is 250 g/mol. The van der Waals surface area contributed by atoms with Gasteiger partial charge in [-0.15, -0.1) is 0 Å². The fourth-order valence-electron chi connectivity index (χ4n) is 2.15. The first-order valence-corrected chi connectivity index (χ1v) is 6.42. The number of benzene rings is 2. The number of hydrogen-bond acceptors (Lipinski definition) is 4. The van der Waals surface area contributed by atoms with Crippen LogP contribution in [-0.2, 0) is 0 Å². The van der Waals surface area contributed by atoms with Crippen LogP contribution in [0.3, 0.4) is 0 Å². The van der Waals surface area contributed by atoms with E-state index in [0.717, 1.165) is 27.9 Å². The van der Waals surface area contributed by atoms with Crippen LogP contribution in [0.1, 0.15) is 11.1 Å². The van der Waals surface area contributed by atoms with Crippen molar-refractivity contribution in [2.75, 3.05) is 5.73 Å². The second-order valence-electron chi connectivity index (χ2n) is 4.76. The molecule has 0 amide bonds. The van der Waals surface area contributed by atoms with Crippen molar-refractivity contribution < 1.29 is 4.52 Å². The van der Waals surface area contributed by atoms with E-state index in [9.17, 15) is 0 Å². The van der Waals surface area contributed by atoms with E-state index >= 15 is 0 Å². The maximum atomic E-state index is 5.91. The van der Waals surface area contributed by atoms with E-state index in [1.807, 2.05) is 56.3 Å². The first kappa shape index (κ1) is 12.4. The largest absolute Gasteiger partial charge is 0.398 e. The molecule has 0 unspecified atom stereocenters. The number of anilines is 1. The van der Waals surface area contributed by atoms with E-state index in [1.54, 1.807) is 0 Å². The number of nitrogen functional groups attached to an aromatic ring is 1. The molecule has 0 radical (unpaired) electrons. The Morgan fingerprint density at radius 3 is 2.50 bits per heavy atom. The van der Waals surface area contributed by atoms with Gasteiger partial charge in [-0.25, -0.2) is 0 Å². The molecule has 4 nitrogen and oxygen atoms in total. The van der Waals surface area contributed by atoms with E-state index in [1.165, 1.54) is 0 Å². The molecule has 0 aliphatic rings. The standard InChI is InChI=1S/C16H15N3O/c1-10-6-3-4-7-12(10)15-18-16(20-19-15)13-8-5-9-14(17)11(13)2/h3-9H,17H2,1-2H3. The number of nitrogens with zero attached hydrogens (tertiary/aromatic N) is 2. The van der Waals surface area contributed by atoms with Crippen molar-refractivity contribution in [1.82, 2.24) is 10.1 Å². The predicted octanol–water partition coefficient (Wildman–Crippen LogP) is 3.60. The van der Waals surface area contributed by atoms with E-state index in [2.05, 4.69) is 10.1 Å². The van der Waals surface area contributed by atoms with Gasteiger partial charge < -0.3 is 10.3 Å². The van der Waals surface area contributed by atoms with Gasteiger partial charge in [-0.2, -0.15) is 4.98 Å². The van der Waals surface area contributed by atoms with Crippen molar-refractivity contribution in [3.8, 4) is 22.8 Å². The Hall–Kier alpha value is -2.62. The normalized spacial score (nSPS) is 10.7. The summed E-state index contributed by atoms with van der Waals surface area (Å²) in [4.78, 5) is 4.48. The van der Waals surface area contributed by atoms with Crippen molar-refractivity contribution in [3.63, 3.8) is 0 Å². The summed E-state index contributed by atoms with van der Waals surface area (Å²) in [6, 6.07) is 13.6. The highest BCUT2D eigenvalue weighted by molar-refractivity contribution is 5.68. The van der Waals surface area contributed by atoms with Gasteiger partial charge in [-0.3, -0.25) is 0 Å². The first-order valence-electron chi connectivity index (χ1n) is 6.42. The highest BCUT2D eigenvalue weighted by Crippen LogP contribution is 2.28. The molecule has 0 saturated heterocycles. The van der Waals surface area contributed by atoms with Crippen molar-refractivity contribution in [2.24, 2.45) is 0 Å². The Morgan fingerprint density at radius 2 is 1.70 bits per heavy atom. The molecule has 3 aromatic rings. The topological polar surface area (TPSA) is 64.9 Å². The third kappa shape index (κ3) is 2.05. The zero-order valence-corrected chi connectivity index (χ0v) is 11.4. The monoisotopic (exact) mass is 265 g/mol. The van der Waals surface area contributed by atoms with Crippen LogP contribution in [-0.4, -0.2) is 10.1 Å². The van der Waals surface area contributed by atoms with Crippen molar-refractivity contribution >= 4 is 5.69 Å². The van der Waals surface area contributed by atoms with Crippen LogP contribution < -0.4 is 5.73 Å². The van der Waals surface area contributed by atoms with Crippen LogP contribution in [0.4, 0.5) is 5.69 Å². The SMILES string of the molecule is Cc1ccccc1-c1noc(-c2cccc(N)c2C)n1. The number of hydrogen-bond donors (Lipinski definition) is 1. The summed E-state index contributed by atoms with van der Waals surface area (Å²) in [5.41, 5.74) is 10.5. The molecule has 1 heterocycles. The van der Waals surface area contributed by atoms with Gasteiger partial charge in [0, 0.05) is 16.8 Å². The maximum Gasteiger partial charge on any atom is 0.258 e. The van der Waals surface area contributed by atoms with E-state index in [0.29, 0.717) is 11.7 Å². The number of nitrogens with two attached hydrogens (primary N) is 1. The lowest BCUT2D eigenvalue weighted by Crippen LogP contribution is -1.92. The molecule has 100 valence electrons. The molecule has 0 saturated carbocycles. The second-order valence-corrected chi connectivity index (χ2v) is 4.76. The summed E-state index contributed by atoms with van der Waals surface area (Å²) in [5, 5.41) is 4.07. The van der Waals surface area contributed by atoms with E-state index < -0.39 is 0 Å². The lowest BCUT2D eigenvalue weighted by molar-refractivity contribution is 0.432. The summed E-state index contributed by atoms with van der Waals surface area (Å²) in [7, 11) is 0. The predicted molar refractivity (Wildman–Crippen MR) is 79.1 cm³/mol. The van der Waals surface area contributed by atoms with Gasteiger partial charge in [-0.1, -0.05) is 35.5 Å². The Balaban J connectivity index is 2.07. The fraction of sp³-hybridized carbons (Fsp3) is 0.125. The molecule has 2 aromatic carbocycles. The van der Waals surface area contributed by atoms with Gasteiger partial charge in [0.25, 0.3) is 5.89 Å². The van der Waals surface area contributed by atoms with Crippen molar-refractivity contribution in [3.05, 3.63) is 53.6 Å². The Kier molecular flexibility index (Phi) is 2.99. The highest BCUT2D eigenvalue weighted by Gasteiger charge is 2.14. The van der Waals surface area contributed by atoms with Gasteiger partial charge in [0.15, 0.2) is 0 Å². The minimum atomic E-state index is 0.494. The van der Waals surface area contributed by atoms with Gasteiger partial charge in [0.1, 0.15) is 0 Å². The fourth-order valence-corrected chi connectivity index (χ4v) is 2.15. The van der Waals surface area contributed by atoms with Gasteiger partial charge >= 0.3 is 0 Å². The molecule has 4 heteroatoms. The van der Waals surface area contributed by atoms with Crippen LogP contribution in [0.5, 0.6) is 0 Å². The molecule has 0 aliphatic carbocycles. The zero-order valence-electron chi connectivity index (χ0n) is 11.4. The molecule has 0 aliphatic heterocycles. The van der Waals surface area contributed by atoms with Crippen molar-refractivity contribution in [1.29, 1.82) is 0 Å². The number of aromatic nitrogens is 2. The second kappa shape index (κ2) is 4.81. The summed E-state index contributed by atoms with van der Waals surface area (Å²) in [6.07, 6.45) is 0. The molecule has 2 N–H and O–H groups in total. The highest BCUT2D eigenvalue weighted by atomic mass is 16.5. The lowest BCUT2D eigenvalue weighted by atomic mass is 10.1. The third-order valence-corrected chi connectivity index (χ3v) is 3.42. The van der Waals surface area contributed by atoms with Crippen LogP contribution in [0, 0.1) is 13.8 Å². The van der Waals surface area contributed by atoms with Crippen molar-refractivity contribution in [2.45, 2.75) is 13.8 Å². The molecular formula is C16H15N3O. The Labute approximate surface area is 117 Å². The molecule has 0 bridgehead atoms. The molecule has 0 spiro atoms. The maximum absolute atomic E-state index is 5.91. The van der Waals surface area contributed by atoms with Gasteiger partial charge in [-0.05, 0) is 37.1 Å². The molecule has 0 atom stereocenters. The smallest absolute Gasteiger partial charge is 0.258 e. The summed E-state index contributed by atoms with van der Waals surface area (Å²) in [5.74, 6) is 1.09. The molecule has 20 heavy (non-hydrogen) atoms. The van der Waals surface area contributed by atoms with Gasteiger partial charge in [0.05, 0.1) is 0 Å².